The number of ether oxygens (including phenoxy) is 2. The Hall–Kier alpha value is -1.26. The van der Waals surface area contributed by atoms with E-state index in [0.717, 1.165) is 11.5 Å². The molecule has 0 bridgehead atoms. The number of likely N-dealkylation sites (tertiary alicyclic amines) is 1. The summed E-state index contributed by atoms with van der Waals surface area (Å²) >= 11 is 0. The van der Waals surface area contributed by atoms with Gasteiger partial charge >= 0.3 is 0 Å². The van der Waals surface area contributed by atoms with E-state index in [0.29, 0.717) is 18.6 Å². The van der Waals surface area contributed by atoms with Crippen molar-refractivity contribution in [2.24, 2.45) is 5.73 Å². The number of nitrogens with zero attached hydrogens (tertiary/aromatic N) is 1. The zero-order chi connectivity index (χ0) is 15.4. The molecule has 0 amide bonds. The highest BCUT2D eigenvalue weighted by Gasteiger charge is 2.35. The van der Waals surface area contributed by atoms with Crippen LogP contribution in [0.1, 0.15) is 44.7 Å². The molecule has 21 heavy (non-hydrogen) atoms. The van der Waals surface area contributed by atoms with Crippen LogP contribution in [0.2, 0.25) is 0 Å². The number of rotatable bonds is 6. The summed E-state index contributed by atoms with van der Waals surface area (Å²) in [6.45, 7) is 5.19. The Morgan fingerprint density at radius 1 is 1.24 bits per heavy atom. The highest BCUT2D eigenvalue weighted by Crippen LogP contribution is 2.37. The lowest BCUT2D eigenvalue weighted by atomic mass is 10.0. The van der Waals surface area contributed by atoms with Crippen molar-refractivity contribution < 1.29 is 9.47 Å². The van der Waals surface area contributed by atoms with Crippen molar-refractivity contribution in [2.45, 2.75) is 51.2 Å². The highest BCUT2D eigenvalue weighted by atomic mass is 16.5. The standard InChI is InChI=1S/C17H28N2O2/c1-5-14-8-6-12(2)19(14)15(11-18)13-7-9-16(20-3)17(10-13)21-4/h7,9-10,12,14-15H,5-6,8,11,18H2,1-4H3. The summed E-state index contributed by atoms with van der Waals surface area (Å²) < 4.78 is 10.8. The molecular weight excluding hydrogens is 264 g/mol. The Bertz CT molecular complexity index is 464. The zero-order valence-corrected chi connectivity index (χ0v) is 13.6. The third-order valence-electron chi connectivity index (χ3n) is 4.70. The smallest absolute Gasteiger partial charge is 0.161 e. The maximum absolute atomic E-state index is 6.11. The van der Waals surface area contributed by atoms with Gasteiger partial charge in [0.2, 0.25) is 0 Å². The summed E-state index contributed by atoms with van der Waals surface area (Å²) in [6.07, 6.45) is 3.69. The molecule has 1 heterocycles. The van der Waals surface area contributed by atoms with Crippen LogP contribution < -0.4 is 15.2 Å². The molecule has 1 aromatic rings. The normalized spacial score (nSPS) is 24.0. The number of methoxy groups -OCH3 is 2. The fourth-order valence-electron chi connectivity index (χ4n) is 3.56. The third kappa shape index (κ3) is 3.16. The second-order valence-electron chi connectivity index (χ2n) is 5.80. The molecule has 0 radical (unpaired) electrons. The number of hydrogen-bond donors (Lipinski definition) is 1. The molecule has 3 atom stereocenters. The van der Waals surface area contributed by atoms with Gasteiger partial charge in [0.25, 0.3) is 0 Å². The fraction of sp³-hybridized carbons (Fsp3) is 0.647. The van der Waals surface area contributed by atoms with E-state index in [2.05, 4.69) is 30.9 Å². The van der Waals surface area contributed by atoms with Crippen LogP contribution in [-0.4, -0.2) is 37.7 Å². The van der Waals surface area contributed by atoms with Crippen LogP contribution in [0.15, 0.2) is 18.2 Å². The SMILES string of the molecule is CCC1CCC(C)N1C(CN)c1ccc(OC)c(OC)c1. The van der Waals surface area contributed by atoms with Crippen molar-refractivity contribution in [1.82, 2.24) is 4.90 Å². The summed E-state index contributed by atoms with van der Waals surface area (Å²) in [5, 5.41) is 0. The second-order valence-corrected chi connectivity index (χ2v) is 5.80. The Labute approximate surface area is 128 Å². The maximum atomic E-state index is 6.11. The molecule has 1 fully saturated rings. The topological polar surface area (TPSA) is 47.7 Å². The van der Waals surface area contributed by atoms with Crippen LogP contribution in [0.5, 0.6) is 11.5 Å². The van der Waals surface area contributed by atoms with E-state index in [1.807, 2.05) is 6.07 Å². The molecule has 1 aromatic carbocycles. The van der Waals surface area contributed by atoms with E-state index in [1.54, 1.807) is 14.2 Å². The average Bonchev–Trinajstić information content (AvgIpc) is 2.89. The predicted octanol–water partition coefficient (Wildman–Crippen LogP) is 2.97. The van der Waals surface area contributed by atoms with Gasteiger partial charge in [-0.2, -0.15) is 0 Å². The first-order valence-electron chi connectivity index (χ1n) is 7.85. The Balaban J connectivity index is 2.32. The van der Waals surface area contributed by atoms with Gasteiger partial charge in [0.1, 0.15) is 0 Å². The van der Waals surface area contributed by atoms with Gasteiger partial charge in [-0.1, -0.05) is 13.0 Å². The lowest BCUT2D eigenvalue weighted by Gasteiger charge is -2.36. The van der Waals surface area contributed by atoms with Gasteiger partial charge < -0.3 is 15.2 Å². The Morgan fingerprint density at radius 2 is 1.95 bits per heavy atom. The molecule has 4 nitrogen and oxygen atoms in total. The van der Waals surface area contributed by atoms with Crippen LogP contribution >= 0.6 is 0 Å². The van der Waals surface area contributed by atoms with E-state index in [1.165, 1.54) is 24.8 Å². The Morgan fingerprint density at radius 3 is 2.52 bits per heavy atom. The molecule has 2 N–H and O–H groups in total. The van der Waals surface area contributed by atoms with Crippen molar-refractivity contribution in [3.63, 3.8) is 0 Å². The number of hydrogen-bond acceptors (Lipinski definition) is 4. The molecular formula is C17H28N2O2. The van der Waals surface area contributed by atoms with Crippen LogP contribution in [-0.2, 0) is 0 Å². The van der Waals surface area contributed by atoms with E-state index in [-0.39, 0.29) is 6.04 Å². The first-order valence-corrected chi connectivity index (χ1v) is 7.85. The molecule has 0 aromatic heterocycles. The van der Waals surface area contributed by atoms with Crippen molar-refractivity contribution >= 4 is 0 Å². The molecule has 0 spiro atoms. The van der Waals surface area contributed by atoms with Crippen LogP contribution in [0.4, 0.5) is 0 Å². The van der Waals surface area contributed by atoms with Gasteiger partial charge in [0, 0.05) is 24.7 Å². The first kappa shape index (κ1) is 16.1. The monoisotopic (exact) mass is 292 g/mol. The molecule has 0 saturated carbocycles. The lowest BCUT2D eigenvalue weighted by molar-refractivity contribution is 0.136. The van der Waals surface area contributed by atoms with Gasteiger partial charge in [0.15, 0.2) is 11.5 Å². The third-order valence-corrected chi connectivity index (χ3v) is 4.70. The minimum atomic E-state index is 0.243. The van der Waals surface area contributed by atoms with Crippen molar-refractivity contribution in [3.05, 3.63) is 23.8 Å². The minimum Gasteiger partial charge on any atom is -0.493 e. The van der Waals surface area contributed by atoms with Gasteiger partial charge in [0.05, 0.1) is 14.2 Å². The minimum absolute atomic E-state index is 0.243. The fourth-order valence-corrected chi connectivity index (χ4v) is 3.56. The molecule has 1 aliphatic rings. The van der Waals surface area contributed by atoms with Crippen molar-refractivity contribution in [2.75, 3.05) is 20.8 Å². The van der Waals surface area contributed by atoms with Gasteiger partial charge in [-0.05, 0) is 43.9 Å². The largest absolute Gasteiger partial charge is 0.493 e. The van der Waals surface area contributed by atoms with Crippen LogP contribution in [0.25, 0.3) is 0 Å². The van der Waals surface area contributed by atoms with E-state index in [4.69, 9.17) is 15.2 Å². The Kier molecular flexibility index (Phi) is 5.48. The number of nitrogens with two attached hydrogens (primary N) is 1. The average molecular weight is 292 g/mol. The van der Waals surface area contributed by atoms with Crippen molar-refractivity contribution in [1.29, 1.82) is 0 Å². The molecule has 3 unspecified atom stereocenters. The summed E-state index contributed by atoms with van der Waals surface area (Å²) in [4.78, 5) is 2.58. The summed E-state index contributed by atoms with van der Waals surface area (Å²) in [7, 11) is 3.33. The molecule has 118 valence electrons. The van der Waals surface area contributed by atoms with Gasteiger partial charge in [-0.25, -0.2) is 0 Å². The molecule has 0 aliphatic carbocycles. The molecule has 4 heteroatoms. The van der Waals surface area contributed by atoms with Crippen LogP contribution in [0.3, 0.4) is 0 Å². The van der Waals surface area contributed by atoms with Gasteiger partial charge in [-0.3, -0.25) is 4.90 Å². The van der Waals surface area contributed by atoms with E-state index < -0.39 is 0 Å². The highest BCUT2D eigenvalue weighted by molar-refractivity contribution is 5.44. The molecule has 1 saturated heterocycles. The maximum Gasteiger partial charge on any atom is 0.161 e. The quantitative estimate of drug-likeness (QED) is 0.875. The summed E-state index contributed by atoms with van der Waals surface area (Å²) in [5.74, 6) is 1.53. The second kappa shape index (κ2) is 7.14. The number of benzene rings is 1. The van der Waals surface area contributed by atoms with Crippen LogP contribution in [0, 0.1) is 0 Å². The predicted molar refractivity (Wildman–Crippen MR) is 86.0 cm³/mol. The van der Waals surface area contributed by atoms with Gasteiger partial charge in [-0.15, -0.1) is 0 Å². The summed E-state index contributed by atoms with van der Waals surface area (Å²) in [6, 6.07) is 7.59. The van der Waals surface area contributed by atoms with E-state index >= 15 is 0 Å². The van der Waals surface area contributed by atoms with Crippen molar-refractivity contribution in [3.8, 4) is 11.5 Å². The first-order chi connectivity index (χ1) is 10.2. The zero-order valence-electron chi connectivity index (χ0n) is 13.6. The summed E-state index contributed by atoms with van der Waals surface area (Å²) in [5.41, 5.74) is 7.32. The molecule has 1 aliphatic heterocycles. The molecule has 2 rings (SSSR count). The lowest BCUT2D eigenvalue weighted by Crippen LogP contribution is -2.41. The van der Waals surface area contributed by atoms with E-state index in [9.17, 15) is 0 Å².